The number of hydrogen-bond donors (Lipinski definition) is 3. The number of halogens is 3. The van der Waals surface area contributed by atoms with Crippen LogP contribution in [0.4, 0.5) is 36.4 Å². The van der Waals surface area contributed by atoms with E-state index >= 15 is 0 Å². The molecule has 2 aromatic carbocycles. The van der Waals surface area contributed by atoms with Crippen molar-refractivity contribution >= 4 is 51.4 Å². The highest BCUT2D eigenvalue weighted by Gasteiger charge is 2.45. The average Bonchev–Trinajstić information content (AvgIpc) is 4.08. The Morgan fingerprint density at radius 1 is 1.00 bits per heavy atom. The second-order valence-corrected chi connectivity index (χ2v) is 17.6. The molecule has 1 amide bonds. The molecule has 9 rings (SSSR count). The van der Waals surface area contributed by atoms with Gasteiger partial charge in [-0.15, -0.1) is 11.3 Å². The van der Waals surface area contributed by atoms with Crippen molar-refractivity contribution < 1.29 is 36.9 Å². The van der Waals surface area contributed by atoms with Crippen LogP contribution in [-0.2, 0) is 28.2 Å². The fraction of sp³-hybridized carbons (Fsp3) is 0.422. The van der Waals surface area contributed by atoms with E-state index < -0.39 is 17.8 Å². The van der Waals surface area contributed by atoms with Crippen molar-refractivity contribution in [1.82, 2.24) is 39.5 Å². The highest BCUT2D eigenvalue weighted by molar-refractivity contribution is 7.16. The van der Waals surface area contributed by atoms with Crippen LogP contribution in [-0.4, -0.2) is 111 Å². The van der Waals surface area contributed by atoms with Crippen molar-refractivity contribution in [3.05, 3.63) is 88.3 Å². The lowest BCUT2D eigenvalue weighted by Gasteiger charge is -2.35. The zero-order valence-electron chi connectivity index (χ0n) is 37.0. The lowest BCUT2D eigenvalue weighted by atomic mass is 10.0. The summed E-state index contributed by atoms with van der Waals surface area (Å²) in [5.41, 5.74) is 7.23. The van der Waals surface area contributed by atoms with Gasteiger partial charge in [-0.1, -0.05) is 0 Å². The third-order valence-corrected chi connectivity index (χ3v) is 13.1. The number of hydrogen-bond acceptors (Lipinski definition) is 15. The normalized spacial score (nSPS) is 17.7. The molecule has 4 aromatic heterocycles. The standard InChI is InChI=1S/C23H25F3N4O3.C22H27N7O2S/c1-12(14-6-15(23(24,25)26)8-16(27)7-14)28-22-18-9-21(33-17-4-5-32-11-17)20(31-3)10-19(18)29-13(2)30-22;1-22(2)19-15(20(30)29(22)9-8-28-10-12-31-13-11-28)14-17(32-19)16-4-6-23-21(25-16)26-18-5-7-24-27(18)3/h6-10,12,17H,4-5,11,27H2,1-3H3,(H,28,29,30);4-7,14H,8-13H2,1-3H3,(H,23,25,26). The lowest BCUT2D eigenvalue weighted by molar-refractivity contribution is -0.137. The molecule has 3 aliphatic rings. The van der Waals surface area contributed by atoms with Gasteiger partial charge in [0.2, 0.25) is 5.95 Å². The Bertz CT molecular complexity index is 2660. The minimum Gasteiger partial charge on any atom is -0.493 e. The number of nitrogens with zero attached hydrogens (tertiary/aromatic N) is 8. The van der Waals surface area contributed by atoms with E-state index in [1.807, 2.05) is 30.1 Å². The van der Waals surface area contributed by atoms with Crippen LogP contribution in [0.1, 0.15) is 65.4 Å². The molecule has 0 radical (unpaired) electrons. The van der Waals surface area contributed by atoms with Crippen LogP contribution in [0.25, 0.3) is 21.5 Å². The van der Waals surface area contributed by atoms with Gasteiger partial charge in [-0.2, -0.15) is 18.3 Å². The maximum absolute atomic E-state index is 13.3. The smallest absolute Gasteiger partial charge is 0.416 e. The summed E-state index contributed by atoms with van der Waals surface area (Å²) >= 11 is 1.64. The number of anilines is 4. The van der Waals surface area contributed by atoms with Crippen molar-refractivity contribution in [1.29, 1.82) is 0 Å². The van der Waals surface area contributed by atoms with E-state index in [1.165, 1.54) is 6.07 Å². The SMILES string of the molecule is COc1cc2nc(C)nc(NC(C)c3cc(N)cc(C(F)(F)F)c3)c2cc1OC1CCOC1.Cn1nccc1Nc1nccc(-c2cc3c(s2)C(C)(C)N(CCN2CCOCC2)C3=O)n1. The molecule has 65 heavy (non-hydrogen) atoms. The number of nitrogens with two attached hydrogens (primary N) is 1. The Morgan fingerprint density at radius 3 is 2.49 bits per heavy atom. The predicted molar refractivity (Wildman–Crippen MR) is 242 cm³/mol. The Hall–Kier alpha value is -6.09. The number of methoxy groups -OCH3 is 1. The number of thiophene rings is 1. The molecule has 0 saturated carbocycles. The molecule has 3 aliphatic heterocycles. The van der Waals surface area contributed by atoms with Crippen molar-refractivity contribution in [3.63, 3.8) is 0 Å². The first kappa shape index (κ1) is 45.5. The summed E-state index contributed by atoms with van der Waals surface area (Å²) in [6, 6.07) is 12.3. The summed E-state index contributed by atoms with van der Waals surface area (Å²) in [5.74, 6) is 3.42. The number of carbonyl (C=O) groups excluding carboxylic acids is 1. The summed E-state index contributed by atoms with van der Waals surface area (Å²) in [6.45, 7) is 13.8. The van der Waals surface area contributed by atoms with Crippen LogP contribution in [0.3, 0.4) is 0 Å². The van der Waals surface area contributed by atoms with E-state index in [4.69, 9.17) is 24.7 Å². The van der Waals surface area contributed by atoms with Gasteiger partial charge in [0, 0.05) is 73.9 Å². The fourth-order valence-electron chi connectivity index (χ4n) is 8.05. The molecule has 6 aromatic rings. The van der Waals surface area contributed by atoms with E-state index in [9.17, 15) is 18.0 Å². The molecule has 7 heterocycles. The Labute approximate surface area is 378 Å². The predicted octanol–water partition coefficient (Wildman–Crippen LogP) is 7.59. The summed E-state index contributed by atoms with van der Waals surface area (Å²) < 4.78 is 63.8. The van der Waals surface area contributed by atoms with E-state index in [0.717, 1.165) is 84.8 Å². The Morgan fingerprint density at radius 2 is 1.80 bits per heavy atom. The van der Waals surface area contributed by atoms with Crippen molar-refractivity contribution in [2.75, 3.05) is 76.1 Å². The van der Waals surface area contributed by atoms with Gasteiger partial charge in [-0.3, -0.25) is 14.4 Å². The maximum Gasteiger partial charge on any atom is 0.416 e. The molecule has 2 saturated heterocycles. The number of alkyl halides is 3. The van der Waals surface area contributed by atoms with Gasteiger partial charge in [0.15, 0.2) is 11.5 Å². The van der Waals surface area contributed by atoms with E-state index in [2.05, 4.69) is 54.4 Å². The monoisotopic (exact) mass is 915 g/mol. The average molecular weight is 916 g/mol. The number of morpholine rings is 1. The first-order valence-electron chi connectivity index (χ1n) is 21.3. The first-order valence-corrected chi connectivity index (χ1v) is 22.1. The number of amides is 1. The number of carbonyl (C=O) groups is 1. The minimum absolute atomic E-state index is 0.0383. The molecular formula is C45H52F3N11O5S. The van der Waals surface area contributed by atoms with Gasteiger partial charge in [-0.05, 0) is 69.7 Å². The second kappa shape index (κ2) is 18.8. The molecule has 4 N–H and O–H groups in total. The lowest BCUT2D eigenvalue weighted by Crippen LogP contribution is -2.46. The van der Waals surface area contributed by atoms with Crippen LogP contribution in [0.15, 0.2) is 60.9 Å². The van der Waals surface area contributed by atoms with Gasteiger partial charge in [0.05, 0.1) is 78.5 Å². The molecule has 16 nitrogen and oxygen atoms in total. The van der Waals surface area contributed by atoms with Gasteiger partial charge in [0.1, 0.15) is 23.6 Å². The molecule has 2 fully saturated rings. The van der Waals surface area contributed by atoms with Crippen LogP contribution >= 0.6 is 11.3 Å². The van der Waals surface area contributed by atoms with Crippen molar-refractivity contribution in [2.45, 2.75) is 58.0 Å². The highest BCUT2D eigenvalue weighted by atomic mass is 32.1. The van der Waals surface area contributed by atoms with E-state index in [-0.39, 0.29) is 23.2 Å². The van der Waals surface area contributed by atoms with Gasteiger partial charge >= 0.3 is 6.18 Å². The van der Waals surface area contributed by atoms with E-state index in [1.54, 1.807) is 61.5 Å². The molecule has 2 unspecified atom stereocenters. The topological polar surface area (TPSA) is 180 Å². The van der Waals surface area contributed by atoms with Gasteiger partial charge in [-0.25, -0.2) is 19.9 Å². The number of ether oxygens (including phenoxy) is 4. The van der Waals surface area contributed by atoms with Crippen LogP contribution in [0.5, 0.6) is 11.5 Å². The molecular weight excluding hydrogens is 864 g/mol. The molecule has 0 spiro atoms. The molecule has 0 bridgehead atoms. The highest BCUT2D eigenvalue weighted by Crippen LogP contribution is 2.46. The third-order valence-electron chi connectivity index (χ3n) is 11.6. The fourth-order valence-corrected chi connectivity index (χ4v) is 9.28. The van der Waals surface area contributed by atoms with Crippen LogP contribution in [0, 0.1) is 6.92 Å². The second-order valence-electron chi connectivity index (χ2n) is 16.5. The number of aromatic nitrogens is 6. The number of benzene rings is 2. The third kappa shape index (κ3) is 10.1. The van der Waals surface area contributed by atoms with Gasteiger partial charge in [0.25, 0.3) is 5.91 Å². The first-order chi connectivity index (χ1) is 31.1. The molecule has 344 valence electrons. The Balaban J connectivity index is 0.000000177. The molecule has 2 atom stereocenters. The number of rotatable bonds is 12. The number of fused-ring (bicyclic) bond motifs is 2. The zero-order valence-corrected chi connectivity index (χ0v) is 37.8. The molecule has 20 heteroatoms. The van der Waals surface area contributed by atoms with Gasteiger partial charge < -0.3 is 40.2 Å². The summed E-state index contributed by atoms with van der Waals surface area (Å²) in [6.07, 6.45) is -0.368. The van der Waals surface area contributed by atoms with Crippen molar-refractivity contribution in [3.8, 4) is 22.1 Å². The summed E-state index contributed by atoms with van der Waals surface area (Å²) in [4.78, 5) is 37.7. The maximum atomic E-state index is 13.3. The summed E-state index contributed by atoms with van der Waals surface area (Å²) in [5, 5.41) is 11.2. The Kier molecular flexibility index (Phi) is 13.1. The van der Waals surface area contributed by atoms with Crippen molar-refractivity contribution in [2.24, 2.45) is 7.05 Å². The largest absolute Gasteiger partial charge is 0.493 e. The van der Waals surface area contributed by atoms with Crippen LogP contribution in [0.2, 0.25) is 0 Å². The van der Waals surface area contributed by atoms with E-state index in [0.29, 0.717) is 58.8 Å². The molecule has 0 aliphatic carbocycles. The number of aryl methyl sites for hydroxylation is 2. The summed E-state index contributed by atoms with van der Waals surface area (Å²) in [7, 11) is 3.40. The number of nitrogens with one attached hydrogen (secondary N) is 2. The number of nitrogen functional groups attached to an aromatic ring is 1. The van der Waals surface area contributed by atoms with Crippen LogP contribution < -0.4 is 25.8 Å². The zero-order chi connectivity index (χ0) is 46.0. The minimum atomic E-state index is -4.49. The quantitative estimate of drug-likeness (QED) is 0.102.